The van der Waals surface area contributed by atoms with Crippen molar-refractivity contribution in [3.05, 3.63) is 45.4 Å². The zero-order valence-corrected chi connectivity index (χ0v) is 12.3. The van der Waals surface area contributed by atoms with Crippen molar-refractivity contribution in [3.8, 4) is 6.07 Å². The van der Waals surface area contributed by atoms with E-state index in [2.05, 4.69) is 16.4 Å². The van der Waals surface area contributed by atoms with Crippen LogP contribution < -0.4 is 5.32 Å². The number of hydrogen-bond donors (Lipinski definition) is 1. The van der Waals surface area contributed by atoms with E-state index in [1.165, 1.54) is 0 Å². The molecular weight excluding hydrogens is 270 g/mol. The van der Waals surface area contributed by atoms with Crippen LogP contribution >= 0.6 is 11.3 Å². The van der Waals surface area contributed by atoms with E-state index in [0.717, 1.165) is 15.6 Å². The molecule has 0 spiro atoms. The highest BCUT2D eigenvalue weighted by molar-refractivity contribution is 7.11. The van der Waals surface area contributed by atoms with Crippen LogP contribution in [0.25, 0.3) is 0 Å². The topological polar surface area (TPSA) is 65.8 Å². The van der Waals surface area contributed by atoms with Gasteiger partial charge in [0.1, 0.15) is 0 Å². The molecule has 5 heteroatoms. The molecule has 0 unspecified atom stereocenters. The molecule has 1 N–H and O–H groups in total. The first-order valence-electron chi connectivity index (χ1n) is 6.31. The van der Waals surface area contributed by atoms with Crippen LogP contribution in [0.15, 0.2) is 24.3 Å². The molecule has 1 amide bonds. The van der Waals surface area contributed by atoms with E-state index in [0.29, 0.717) is 24.1 Å². The zero-order valence-electron chi connectivity index (χ0n) is 11.4. The molecule has 2 aromatic rings. The molecule has 0 saturated heterocycles. The Hall–Kier alpha value is -2.19. The Morgan fingerprint density at radius 3 is 2.90 bits per heavy atom. The lowest BCUT2D eigenvalue weighted by Gasteiger charge is -2.05. The van der Waals surface area contributed by atoms with Crippen LogP contribution in [0.3, 0.4) is 0 Å². The third kappa shape index (κ3) is 3.65. The van der Waals surface area contributed by atoms with Gasteiger partial charge in [0, 0.05) is 17.0 Å². The van der Waals surface area contributed by atoms with Gasteiger partial charge in [0.15, 0.2) is 0 Å². The van der Waals surface area contributed by atoms with Crippen molar-refractivity contribution in [1.29, 1.82) is 5.26 Å². The average Bonchev–Trinajstić information content (AvgIpc) is 2.75. The predicted octanol–water partition coefficient (Wildman–Crippen LogP) is 3.20. The highest BCUT2D eigenvalue weighted by Crippen LogP contribution is 2.19. The molecule has 1 aromatic heterocycles. The molecule has 0 aliphatic carbocycles. The van der Waals surface area contributed by atoms with Crippen LogP contribution in [0.1, 0.15) is 27.6 Å². The second kappa shape index (κ2) is 6.31. The number of nitrogens with zero attached hydrogens (tertiary/aromatic N) is 2. The van der Waals surface area contributed by atoms with E-state index in [1.54, 1.807) is 35.6 Å². The number of nitrogens with one attached hydrogen (secondary N) is 1. The third-order valence-corrected chi connectivity index (χ3v) is 3.99. The first kappa shape index (κ1) is 14.2. The molecule has 0 aliphatic heterocycles. The molecule has 2 rings (SSSR count). The van der Waals surface area contributed by atoms with Crippen molar-refractivity contribution in [1.82, 2.24) is 4.98 Å². The van der Waals surface area contributed by atoms with Crippen molar-refractivity contribution in [2.45, 2.75) is 26.7 Å². The number of aryl methyl sites for hydroxylation is 3. The molecular formula is C15H15N3OS. The van der Waals surface area contributed by atoms with Gasteiger partial charge in [-0.3, -0.25) is 4.79 Å². The van der Waals surface area contributed by atoms with Gasteiger partial charge in [-0.15, -0.1) is 11.3 Å². The summed E-state index contributed by atoms with van der Waals surface area (Å²) in [4.78, 5) is 17.4. The highest BCUT2D eigenvalue weighted by atomic mass is 32.1. The van der Waals surface area contributed by atoms with Crippen molar-refractivity contribution in [3.63, 3.8) is 0 Å². The molecule has 1 aromatic carbocycles. The van der Waals surface area contributed by atoms with E-state index < -0.39 is 0 Å². The van der Waals surface area contributed by atoms with Crippen molar-refractivity contribution < 1.29 is 4.79 Å². The molecule has 102 valence electrons. The van der Waals surface area contributed by atoms with Crippen LogP contribution in [0.2, 0.25) is 0 Å². The van der Waals surface area contributed by atoms with Crippen LogP contribution in [-0.2, 0) is 11.2 Å². The Morgan fingerprint density at radius 1 is 1.45 bits per heavy atom. The fourth-order valence-corrected chi connectivity index (χ4v) is 2.86. The van der Waals surface area contributed by atoms with Gasteiger partial charge >= 0.3 is 0 Å². The normalized spacial score (nSPS) is 10.1. The summed E-state index contributed by atoms with van der Waals surface area (Å²) in [5.41, 5.74) is 2.20. The summed E-state index contributed by atoms with van der Waals surface area (Å²) < 4.78 is 0. The molecule has 0 atom stereocenters. The maximum Gasteiger partial charge on any atom is 0.224 e. The number of carbonyl (C=O) groups is 1. The number of rotatable bonds is 4. The van der Waals surface area contributed by atoms with Crippen molar-refractivity contribution in [2.24, 2.45) is 0 Å². The largest absolute Gasteiger partial charge is 0.326 e. The van der Waals surface area contributed by atoms with E-state index in [-0.39, 0.29) is 5.91 Å². The van der Waals surface area contributed by atoms with Gasteiger partial charge in [0.2, 0.25) is 5.91 Å². The summed E-state index contributed by atoms with van der Waals surface area (Å²) in [5.74, 6) is -0.0504. The van der Waals surface area contributed by atoms with Crippen molar-refractivity contribution in [2.75, 3.05) is 5.32 Å². The summed E-state index contributed by atoms with van der Waals surface area (Å²) in [7, 11) is 0. The Bertz CT molecular complexity index is 670. The van der Waals surface area contributed by atoms with Crippen LogP contribution in [-0.4, -0.2) is 10.9 Å². The van der Waals surface area contributed by atoms with Gasteiger partial charge in [-0.1, -0.05) is 6.07 Å². The van der Waals surface area contributed by atoms with Gasteiger partial charge in [-0.2, -0.15) is 5.26 Å². The van der Waals surface area contributed by atoms with E-state index in [4.69, 9.17) is 5.26 Å². The number of nitriles is 1. The average molecular weight is 285 g/mol. The molecule has 0 radical (unpaired) electrons. The number of hydrogen-bond acceptors (Lipinski definition) is 4. The standard InChI is InChI=1S/C15H15N3OS/c1-10-14(20-11(2)17-10)6-7-15(19)18-13-5-3-4-12(8-13)9-16/h3-5,8H,6-7H2,1-2H3,(H,18,19). The van der Waals surface area contributed by atoms with Gasteiger partial charge in [-0.05, 0) is 38.5 Å². The smallest absolute Gasteiger partial charge is 0.224 e. The Morgan fingerprint density at radius 2 is 2.25 bits per heavy atom. The Balaban J connectivity index is 1.92. The SMILES string of the molecule is Cc1nc(C)c(CCC(=O)Nc2cccc(C#N)c2)s1. The van der Waals surface area contributed by atoms with Crippen LogP contribution in [0.4, 0.5) is 5.69 Å². The van der Waals surface area contributed by atoms with Gasteiger partial charge in [0.25, 0.3) is 0 Å². The van der Waals surface area contributed by atoms with E-state index in [9.17, 15) is 4.79 Å². The highest BCUT2D eigenvalue weighted by Gasteiger charge is 2.08. The zero-order chi connectivity index (χ0) is 14.5. The summed E-state index contributed by atoms with van der Waals surface area (Å²) in [6.07, 6.45) is 1.11. The first-order valence-corrected chi connectivity index (χ1v) is 7.13. The third-order valence-electron chi connectivity index (χ3n) is 2.85. The lowest BCUT2D eigenvalue weighted by molar-refractivity contribution is -0.116. The summed E-state index contributed by atoms with van der Waals surface area (Å²) >= 11 is 1.63. The summed E-state index contributed by atoms with van der Waals surface area (Å²) in [6.45, 7) is 3.93. The predicted molar refractivity (Wildman–Crippen MR) is 79.7 cm³/mol. The van der Waals surface area contributed by atoms with Crippen LogP contribution in [0.5, 0.6) is 0 Å². The second-order valence-corrected chi connectivity index (χ2v) is 5.77. The maximum atomic E-state index is 11.9. The number of amides is 1. The molecule has 0 saturated carbocycles. The second-order valence-electron chi connectivity index (χ2n) is 4.48. The van der Waals surface area contributed by atoms with Gasteiger partial charge in [-0.25, -0.2) is 4.98 Å². The summed E-state index contributed by atoms with van der Waals surface area (Å²) in [6, 6.07) is 8.96. The van der Waals surface area contributed by atoms with Gasteiger partial charge < -0.3 is 5.32 Å². The number of carbonyl (C=O) groups excluding carboxylic acids is 1. The minimum atomic E-state index is -0.0504. The number of thiazole rings is 1. The molecule has 4 nitrogen and oxygen atoms in total. The number of aromatic nitrogens is 1. The monoisotopic (exact) mass is 285 g/mol. The quantitative estimate of drug-likeness (QED) is 0.938. The first-order chi connectivity index (χ1) is 9.58. The fourth-order valence-electron chi connectivity index (χ4n) is 1.92. The van der Waals surface area contributed by atoms with Crippen molar-refractivity contribution >= 4 is 22.9 Å². The minimum absolute atomic E-state index is 0.0504. The molecule has 0 fully saturated rings. The lowest BCUT2D eigenvalue weighted by Crippen LogP contribution is -2.12. The molecule has 1 heterocycles. The summed E-state index contributed by atoms with van der Waals surface area (Å²) in [5, 5.41) is 12.6. The fraction of sp³-hybridized carbons (Fsp3) is 0.267. The Labute approximate surface area is 122 Å². The lowest BCUT2D eigenvalue weighted by atomic mass is 10.2. The number of anilines is 1. The number of benzene rings is 1. The van der Waals surface area contributed by atoms with Crippen LogP contribution in [0, 0.1) is 25.2 Å². The molecule has 20 heavy (non-hydrogen) atoms. The molecule has 0 bridgehead atoms. The van der Waals surface area contributed by atoms with E-state index in [1.807, 2.05) is 13.8 Å². The van der Waals surface area contributed by atoms with Gasteiger partial charge in [0.05, 0.1) is 22.3 Å². The minimum Gasteiger partial charge on any atom is -0.326 e. The Kier molecular flexibility index (Phi) is 4.49. The molecule has 0 aliphatic rings. The maximum absolute atomic E-state index is 11.9. The van der Waals surface area contributed by atoms with E-state index >= 15 is 0 Å².